The van der Waals surface area contributed by atoms with E-state index in [-0.39, 0.29) is 15.7 Å². The maximum absolute atomic E-state index is 12.8. The van der Waals surface area contributed by atoms with Crippen molar-refractivity contribution in [2.24, 2.45) is 0 Å². The Morgan fingerprint density at radius 1 is 1.19 bits per heavy atom. The monoisotopic (exact) mass is 408 g/mol. The van der Waals surface area contributed by atoms with Crippen LogP contribution in [0.15, 0.2) is 16.3 Å². The Labute approximate surface area is 163 Å². The summed E-state index contributed by atoms with van der Waals surface area (Å²) in [5.41, 5.74) is 3.25. The maximum Gasteiger partial charge on any atom is 0.263 e. The lowest BCUT2D eigenvalue weighted by molar-refractivity contribution is 0.0951. The SMILES string of the molecule is O=C(NCc1n[nH]c2c1CCCCC2)c1sccc1S(=O)(=O)N1CCCC1. The molecule has 4 rings (SSSR count). The van der Waals surface area contributed by atoms with Gasteiger partial charge in [0.15, 0.2) is 0 Å². The number of aryl methyl sites for hydroxylation is 1. The fourth-order valence-electron chi connectivity index (χ4n) is 3.85. The van der Waals surface area contributed by atoms with Crippen LogP contribution >= 0.6 is 11.3 Å². The highest BCUT2D eigenvalue weighted by molar-refractivity contribution is 7.89. The molecule has 2 aromatic rings. The van der Waals surface area contributed by atoms with E-state index >= 15 is 0 Å². The van der Waals surface area contributed by atoms with Crippen LogP contribution in [0.3, 0.4) is 0 Å². The lowest BCUT2D eigenvalue weighted by Crippen LogP contribution is -2.30. The molecule has 0 spiro atoms. The van der Waals surface area contributed by atoms with E-state index in [1.807, 2.05) is 0 Å². The standard InChI is InChI=1S/C18H24N4O3S2/c23-18(19-12-15-13-6-2-1-3-7-14(13)20-21-15)17-16(8-11-26-17)27(24,25)22-9-4-5-10-22/h8,11H,1-7,9-10,12H2,(H,19,23)(H,20,21). The quantitative estimate of drug-likeness (QED) is 0.743. The summed E-state index contributed by atoms with van der Waals surface area (Å²) >= 11 is 1.17. The predicted molar refractivity (Wildman–Crippen MR) is 103 cm³/mol. The Balaban J connectivity index is 1.49. The van der Waals surface area contributed by atoms with Crippen LogP contribution in [-0.2, 0) is 29.4 Å². The molecule has 27 heavy (non-hydrogen) atoms. The van der Waals surface area contributed by atoms with Crippen molar-refractivity contribution >= 4 is 27.3 Å². The maximum atomic E-state index is 12.8. The molecule has 0 saturated carbocycles. The Kier molecular flexibility index (Phi) is 5.34. The van der Waals surface area contributed by atoms with Crippen LogP contribution in [0.25, 0.3) is 0 Å². The van der Waals surface area contributed by atoms with Gasteiger partial charge in [-0.15, -0.1) is 11.3 Å². The van der Waals surface area contributed by atoms with E-state index in [1.165, 1.54) is 39.4 Å². The third-order valence-corrected chi connectivity index (χ3v) is 8.31. The summed E-state index contributed by atoms with van der Waals surface area (Å²) in [6.07, 6.45) is 7.22. The molecule has 0 atom stereocenters. The molecule has 2 aliphatic rings. The molecule has 0 aromatic carbocycles. The second kappa shape index (κ2) is 7.73. The van der Waals surface area contributed by atoms with Crippen molar-refractivity contribution in [3.8, 4) is 0 Å². The van der Waals surface area contributed by atoms with Crippen molar-refractivity contribution in [2.75, 3.05) is 13.1 Å². The van der Waals surface area contributed by atoms with Crippen molar-refractivity contribution in [2.45, 2.75) is 56.4 Å². The number of thiophene rings is 1. The summed E-state index contributed by atoms with van der Waals surface area (Å²) in [5, 5.41) is 12.0. The first-order valence-electron chi connectivity index (χ1n) is 9.48. The fourth-order valence-corrected chi connectivity index (χ4v) is 6.68. The topological polar surface area (TPSA) is 95.2 Å². The van der Waals surface area contributed by atoms with E-state index in [0.717, 1.165) is 44.2 Å². The molecule has 9 heteroatoms. The lowest BCUT2D eigenvalue weighted by atomic mass is 10.1. The second-order valence-corrected chi connectivity index (χ2v) is 9.92. The number of aromatic amines is 1. The summed E-state index contributed by atoms with van der Waals surface area (Å²) in [4.78, 5) is 13.1. The van der Waals surface area contributed by atoms with Gasteiger partial charge in [-0.3, -0.25) is 9.89 Å². The number of hydrogen-bond acceptors (Lipinski definition) is 5. The van der Waals surface area contributed by atoms with E-state index in [2.05, 4.69) is 15.5 Å². The van der Waals surface area contributed by atoms with Gasteiger partial charge in [-0.25, -0.2) is 8.42 Å². The first kappa shape index (κ1) is 18.6. The zero-order chi connectivity index (χ0) is 18.9. The number of H-pyrrole nitrogens is 1. The van der Waals surface area contributed by atoms with Crippen molar-refractivity contribution in [3.63, 3.8) is 0 Å². The summed E-state index contributed by atoms with van der Waals surface area (Å²) in [5.74, 6) is -0.354. The first-order valence-corrected chi connectivity index (χ1v) is 11.8. The third-order valence-electron chi connectivity index (χ3n) is 5.33. The number of amides is 1. The van der Waals surface area contributed by atoms with Gasteiger partial charge in [0.05, 0.1) is 12.2 Å². The van der Waals surface area contributed by atoms with Gasteiger partial charge in [0, 0.05) is 18.8 Å². The average Bonchev–Trinajstić information content (AvgIpc) is 3.39. The number of hydrogen-bond donors (Lipinski definition) is 2. The molecule has 146 valence electrons. The summed E-state index contributed by atoms with van der Waals surface area (Å²) < 4.78 is 27.1. The van der Waals surface area contributed by atoms with E-state index in [1.54, 1.807) is 5.38 Å². The minimum Gasteiger partial charge on any atom is -0.346 e. The van der Waals surface area contributed by atoms with Crippen LogP contribution in [-0.4, -0.2) is 41.9 Å². The molecular weight excluding hydrogens is 384 g/mol. The number of sulfonamides is 1. The summed E-state index contributed by atoms with van der Waals surface area (Å²) in [6, 6.07) is 1.54. The van der Waals surface area contributed by atoms with E-state index < -0.39 is 10.0 Å². The Morgan fingerprint density at radius 2 is 1.96 bits per heavy atom. The van der Waals surface area contributed by atoms with Gasteiger partial charge in [0.1, 0.15) is 9.77 Å². The Hall–Kier alpha value is -1.71. The molecule has 3 heterocycles. The van der Waals surface area contributed by atoms with E-state index in [9.17, 15) is 13.2 Å². The lowest BCUT2D eigenvalue weighted by Gasteiger charge is -2.15. The summed E-state index contributed by atoms with van der Waals surface area (Å²) in [6.45, 7) is 1.36. The molecule has 1 fully saturated rings. The van der Waals surface area contributed by atoms with Gasteiger partial charge < -0.3 is 5.32 Å². The van der Waals surface area contributed by atoms with E-state index in [4.69, 9.17) is 0 Å². The highest BCUT2D eigenvalue weighted by atomic mass is 32.2. The smallest absolute Gasteiger partial charge is 0.263 e. The minimum absolute atomic E-state index is 0.118. The summed E-state index contributed by atoms with van der Waals surface area (Å²) in [7, 11) is -3.60. The van der Waals surface area contributed by atoms with Crippen LogP contribution in [0.1, 0.15) is 58.7 Å². The van der Waals surface area contributed by atoms with Crippen molar-refractivity contribution in [1.29, 1.82) is 0 Å². The zero-order valence-electron chi connectivity index (χ0n) is 15.2. The number of fused-ring (bicyclic) bond motifs is 1. The van der Waals surface area contributed by atoms with Gasteiger partial charge in [0.25, 0.3) is 5.91 Å². The molecule has 1 saturated heterocycles. The predicted octanol–water partition coefficient (Wildman–Crippen LogP) is 2.45. The molecule has 0 unspecified atom stereocenters. The number of nitrogens with one attached hydrogen (secondary N) is 2. The Morgan fingerprint density at radius 3 is 2.78 bits per heavy atom. The van der Waals surface area contributed by atoms with Crippen molar-refractivity contribution in [1.82, 2.24) is 19.8 Å². The van der Waals surface area contributed by atoms with Gasteiger partial charge in [-0.05, 0) is 55.5 Å². The average molecular weight is 409 g/mol. The van der Waals surface area contributed by atoms with E-state index in [0.29, 0.717) is 19.6 Å². The highest BCUT2D eigenvalue weighted by Crippen LogP contribution is 2.28. The van der Waals surface area contributed by atoms with Gasteiger partial charge in [-0.2, -0.15) is 9.40 Å². The van der Waals surface area contributed by atoms with Crippen LogP contribution < -0.4 is 5.32 Å². The zero-order valence-corrected chi connectivity index (χ0v) is 16.8. The number of carbonyl (C=O) groups is 1. The normalized spacial score (nSPS) is 18.2. The number of carbonyl (C=O) groups excluding carboxylic acids is 1. The first-order chi connectivity index (χ1) is 13.1. The second-order valence-electron chi connectivity index (χ2n) is 7.10. The van der Waals surface area contributed by atoms with Gasteiger partial charge in [-0.1, -0.05) is 6.42 Å². The fraction of sp³-hybridized carbons (Fsp3) is 0.556. The van der Waals surface area contributed by atoms with Crippen LogP contribution in [0.2, 0.25) is 0 Å². The molecular formula is C18H24N4O3S2. The number of aromatic nitrogens is 2. The van der Waals surface area contributed by atoms with Crippen LogP contribution in [0.5, 0.6) is 0 Å². The van der Waals surface area contributed by atoms with Crippen molar-refractivity contribution < 1.29 is 13.2 Å². The van der Waals surface area contributed by atoms with Crippen LogP contribution in [0.4, 0.5) is 0 Å². The number of nitrogens with zero attached hydrogens (tertiary/aromatic N) is 2. The molecule has 2 N–H and O–H groups in total. The molecule has 1 amide bonds. The largest absolute Gasteiger partial charge is 0.346 e. The third kappa shape index (κ3) is 3.68. The molecule has 0 radical (unpaired) electrons. The Bertz CT molecular complexity index is 926. The molecule has 2 aromatic heterocycles. The molecule has 7 nitrogen and oxygen atoms in total. The van der Waals surface area contributed by atoms with Crippen molar-refractivity contribution in [3.05, 3.63) is 33.3 Å². The number of rotatable bonds is 5. The van der Waals surface area contributed by atoms with Crippen LogP contribution in [0, 0.1) is 0 Å². The van der Waals surface area contributed by atoms with Gasteiger partial charge >= 0.3 is 0 Å². The molecule has 1 aliphatic heterocycles. The molecule has 1 aliphatic carbocycles. The highest BCUT2D eigenvalue weighted by Gasteiger charge is 2.31. The van der Waals surface area contributed by atoms with Gasteiger partial charge in [0.2, 0.25) is 10.0 Å². The molecule has 0 bridgehead atoms. The minimum atomic E-state index is -3.60.